The second kappa shape index (κ2) is 10.7. The Labute approximate surface area is 201 Å². The van der Waals surface area contributed by atoms with Gasteiger partial charge in [0, 0.05) is 16.1 Å². The first-order chi connectivity index (χ1) is 15.4. The van der Waals surface area contributed by atoms with E-state index < -0.39 is 11.8 Å². The van der Waals surface area contributed by atoms with Crippen LogP contribution in [0, 0.1) is 0 Å². The van der Waals surface area contributed by atoms with Crippen molar-refractivity contribution in [2.24, 2.45) is 0 Å². The van der Waals surface area contributed by atoms with Gasteiger partial charge in [0.25, 0.3) is 11.8 Å². The van der Waals surface area contributed by atoms with Crippen LogP contribution < -0.4 is 14.9 Å². The number of carbonyl (C=O) groups excluding carboxylic acids is 2. The molecule has 1 heterocycles. The third-order valence-electron chi connectivity index (χ3n) is 4.43. The SMILES string of the molecule is C=CCc1cc(/C=C2/SC(=S)N(NC(=O)c3ccc(Cl)cc3)C2=O)cc(OCC)c1OC. The number of thiocarbonyl (C=S) groups is 1. The molecule has 0 aromatic heterocycles. The molecule has 6 nitrogen and oxygen atoms in total. The Bertz CT molecular complexity index is 1100. The number of carbonyl (C=O) groups is 2. The Morgan fingerprint density at radius 3 is 2.66 bits per heavy atom. The zero-order valence-electron chi connectivity index (χ0n) is 17.5. The van der Waals surface area contributed by atoms with Crippen LogP contribution in [0.1, 0.15) is 28.4 Å². The molecule has 166 valence electrons. The minimum absolute atomic E-state index is 0.230. The lowest BCUT2D eigenvalue weighted by Crippen LogP contribution is -2.44. The minimum Gasteiger partial charge on any atom is -0.493 e. The number of ether oxygens (including phenoxy) is 2. The normalized spacial score (nSPS) is 14.6. The van der Waals surface area contributed by atoms with Gasteiger partial charge in [0.05, 0.1) is 18.6 Å². The summed E-state index contributed by atoms with van der Waals surface area (Å²) in [7, 11) is 1.58. The summed E-state index contributed by atoms with van der Waals surface area (Å²) in [5, 5.41) is 1.58. The molecule has 9 heteroatoms. The van der Waals surface area contributed by atoms with Crippen molar-refractivity contribution in [1.82, 2.24) is 10.4 Å². The van der Waals surface area contributed by atoms with E-state index in [0.29, 0.717) is 40.0 Å². The monoisotopic (exact) mass is 488 g/mol. The van der Waals surface area contributed by atoms with Gasteiger partial charge in [-0.15, -0.1) is 6.58 Å². The van der Waals surface area contributed by atoms with Gasteiger partial charge in [-0.2, -0.15) is 5.01 Å². The summed E-state index contributed by atoms with van der Waals surface area (Å²) in [5.74, 6) is 0.329. The van der Waals surface area contributed by atoms with E-state index in [1.54, 1.807) is 49.6 Å². The molecule has 0 radical (unpaired) electrons. The first kappa shape index (κ1) is 23.8. The van der Waals surface area contributed by atoms with Gasteiger partial charge in [-0.3, -0.25) is 15.0 Å². The summed E-state index contributed by atoms with van der Waals surface area (Å²) < 4.78 is 11.5. The molecule has 3 rings (SSSR count). The van der Waals surface area contributed by atoms with Crippen LogP contribution in [0.4, 0.5) is 0 Å². The van der Waals surface area contributed by atoms with Crippen molar-refractivity contribution in [1.29, 1.82) is 0 Å². The Kier molecular flexibility index (Phi) is 7.95. The highest BCUT2D eigenvalue weighted by Crippen LogP contribution is 2.37. The molecule has 1 saturated heterocycles. The second-order valence-electron chi connectivity index (χ2n) is 6.60. The van der Waals surface area contributed by atoms with E-state index in [4.69, 9.17) is 33.3 Å². The lowest BCUT2D eigenvalue weighted by Gasteiger charge is -2.16. The smallest absolute Gasteiger partial charge is 0.285 e. The number of hydrazine groups is 1. The highest BCUT2D eigenvalue weighted by Gasteiger charge is 2.34. The molecule has 1 aliphatic heterocycles. The highest BCUT2D eigenvalue weighted by atomic mass is 35.5. The standard InChI is InChI=1S/C23H21ClN2O4S2/c1-4-6-16-11-14(12-18(30-5-2)20(16)29-3)13-19-22(28)26(23(31)32-19)25-21(27)15-7-9-17(24)10-8-15/h4,7-13H,1,5-6H2,2-3H3,(H,25,27)/b19-13+. The molecule has 0 unspecified atom stereocenters. The zero-order valence-corrected chi connectivity index (χ0v) is 19.9. The quantitative estimate of drug-likeness (QED) is 0.319. The van der Waals surface area contributed by atoms with Crippen LogP contribution in [0.5, 0.6) is 11.5 Å². The van der Waals surface area contributed by atoms with Crippen LogP contribution in [0.25, 0.3) is 6.08 Å². The summed E-state index contributed by atoms with van der Waals surface area (Å²) in [6.45, 7) is 6.14. The van der Waals surface area contributed by atoms with E-state index in [9.17, 15) is 9.59 Å². The number of nitrogens with one attached hydrogen (secondary N) is 1. The molecule has 0 aliphatic carbocycles. The second-order valence-corrected chi connectivity index (χ2v) is 8.71. The number of halogens is 1. The highest BCUT2D eigenvalue weighted by molar-refractivity contribution is 8.26. The van der Waals surface area contributed by atoms with Gasteiger partial charge < -0.3 is 9.47 Å². The summed E-state index contributed by atoms with van der Waals surface area (Å²) in [6, 6.07) is 10.0. The fourth-order valence-corrected chi connectivity index (χ4v) is 4.36. The molecule has 0 spiro atoms. The number of nitrogens with zero attached hydrogens (tertiary/aromatic N) is 1. The van der Waals surface area contributed by atoms with Crippen LogP contribution in [0.2, 0.25) is 5.02 Å². The molecule has 1 fully saturated rings. The van der Waals surface area contributed by atoms with E-state index in [1.165, 1.54) is 0 Å². The molecule has 1 aliphatic rings. The summed E-state index contributed by atoms with van der Waals surface area (Å²) in [6.07, 6.45) is 4.05. The average molecular weight is 489 g/mol. The summed E-state index contributed by atoms with van der Waals surface area (Å²) in [4.78, 5) is 25.8. The number of methoxy groups -OCH3 is 1. The van der Waals surface area contributed by atoms with Gasteiger partial charge in [0.15, 0.2) is 15.8 Å². The van der Waals surface area contributed by atoms with E-state index in [2.05, 4.69) is 12.0 Å². The molecule has 1 N–H and O–H groups in total. The van der Waals surface area contributed by atoms with Crippen molar-refractivity contribution < 1.29 is 19.1 Å². The van der Waals surface area contributed by atoms with Crippen molar-refractivity contribution in [3.05, 3.63) is 75.7 Å². The van der Waals surface area contributed by atoms with Crippen LogP contribution >= 0.6 is 35.6 Å². The van der Waals surface area contributed by atoms with E-state index in [-0.39, 0.29) is 4.32 Å². The van der Waals surface area contributed by atoms with Gasteiger partial charge in [-0.1, -0.05) is 29.4 Å². The number of amides is 2. The molecule has 2 aromatic carbocycles. The van der Waals surface area contributed by atoms with Crippen LogP contribution in [-0.4, -0.2) is 34.9 Å². The molecule has 0 atom stereocenters. The largest absolute Gasteiger partial charge is 0.493 e. The van der Waals surface area contributed by atoms with Gasteiger partial charge in [-0.25, -0.2) is 0 Å². The van der Waals surface area contributed by atoms with Crippen LogP contribution in [-0.2, 0) is 11.2 Å². The Hall–Kier alpha value is -2.81. The third kappa shape index (κ3) is 5.32. The maximum Gasteiger partial charge on any atom is 0.285 e. The minimum atomic E-state index is -0.462. The van der Waals surface area contributed by atoms with Gasteiger partial charge in [-0.05, 0) is 73.6 Å². The van der Waals surface area contributed by atoms with Crippen molar-refractivity contribution in [2.75, 3.05) is 13.7 Å². The summed E-state index contributed by atoms with van der Waals surface area (Å²) in [5.41, 5.74) is 4.54. The van der Waals surface area contributed by atoms with Crippen LogP contribution in [0.15, 0.2) is 54.0 Å². The number of rotatable bonds is 8. The zero-order chi connectivity index (χ0) is 23.3. The molecular weight excluding hydrogens is 468 g/mol. The first-order valence-electron chi connectivity index (χ1n) is 9.67. The summed E-state index contributed by atoms with van der Waals surface area (Å²) >= 11 is 12.3. The van der Waals surface area contributed by atoms with Crippen molar-refractivity contribution in [3.63, 3.8) is 0 Å². The first-order valence-corrected chi connectivity index (χ1v) is 11.3. The Morgan fingerprint density at radius 2 is 2.03 bits per heavy atom. The lowest BCUT2D eigenvalue weighted by atomic mass is 10.0. The van der Waals surface area contributed by atoms with Crippen molar-refractivity contribution in [2.45, 2.75) is 13.3 Å². The molecule has 0 bridgehead atoms. The maximum absolute atomic E-state index is 12.9. The number of allylic oxidation sites excluding steroid dienone is 1. The fraction of sp³-hybridized carbons (Fsp3) is 0.174. The lowest BCUT2D eigenvalue weighted by molar-refractivity contribution is -0.123. The Morgan fingerprint density at radius 1 is 1.31 bits per heavy atom. The number of thioether (sulfide) groups is 1. The van der Waals surface area contributed by atoms with Gasteiger partial charge >= 0.3 is 0 Å². The average Bonchev–Trinajstić information content (AvgIpc) is 3.02. The van der Waals surface area contributed by atoms with Crippen molar-refractivity contribution in [3.8, 4) is 11.5 Å². The molecule has 0 saturated carbocycles. The molecule has 32 heavy (non-hydrogen) atoms. The van der Waals surface area contributed by atoms with Gasteiger partial charge in [0.1, 0.15) is 0 Å². The van der Waals surface area contributed by atoms with Crippen LogP contribution in [0.3, 0.4) is 0 Å². The Balaban J connectivity index is 1.87. The number of hydrogen-bond acceptors (Lipinski definition) is 6. The maximum atomic E-state index is 12.9. The van der Waals surface area contributed by atoms with E-state index in [0.717, 1.165) is 27.9 Å². The molecule has 2 amide bonds. The molecule has 2 aromatic rings. The predicted molar refractivity (Wildman–Crippen MR) is 132 cm³/mol. The fourth-order valence-electron chi connectivity index (χ4n) is 3.05. The topological polar surface area (TPSA) is 67.9 Å². The van der Waals surface area contributed by atoms with E-state index >= 15 is 0 Å². The number of hydrogen-bond donors (Lipinski definition) is 1. The third-order valence-corrected chi connectivity index (χ3v) is 5.99. The van der Waals surface area contributed by atoms with E-state index in [1.807, 2.05) is 13.0 Å². The predicted octanol–water partition coefficient (Wildman–Crippen LogP) is 5.02. The van der Waals surface area contributed by atoms with Gasteiger partial charge in [0.2, 0.25) is 0 Å². The van der Waals surface area contributed by atoms with Crippen molar-refractivity contribution >= 4 is 57.8 Å². The number of benzene rings is 2. The molecular formula is C23H21ClN2O4S2.